The van der Waals surface area contributed by atoms with Crippen LogP contribution in [0.4, 0.5) is 0 Å². The van der Waals surface area contributed by atoms with Crippen molar-refractivity contribution in [3.63, 3.8) is 0 Å². The fraction of sp³-hybridized carbons (Fsp3) is 0.655. The van der Waals surface area contributed by atoms with E-state index in [0.29, 0.717) is 18.5 Å². The molecule has 2 aromatic rings. The van der Waals surface area contributed by atoms with Crippen molar-refractivity contribution in [2.24, 2.45) is 5.92 Å². The van der Waals surface area contributed by atoms with Gasteiger partial charge in [0.15, 0.2) is 0 Å². The van der Waals surface area contributed by atoms with Gasteiger partial charge >= 0.3 is 6.01 Å². The molecular weight excluding hydrogens is 420 g/mol. The quantitative estimate of drug-likeness (QED) is 0.218. The maximum Gasteiger partial charge on any atom is 0.316 e. The van der Waals surface area contributed by atoms with Crippen molar-refractivity contribution in [1.29, 1.82) is 0 Å². The molecule has 1 fully saturated rings. The second-order valence-electron chi connectivity index (χ2n) is 10.9. The zero-order valence-corrected chi connectivity index (χ0v) is 22.6. The third kappa shape index (κ3) is 8.24. The Morgan fingerprint density at radius 3 is 2.42 bits per heavy atom. The minimum Gasteiger partial charge on any atom is -0.463 e. The molecule has 4 heteroatoms. The molecule has 1 saturated carbocycles. The largest absolute Gasteiger partial charge is 0.463 e. The summed E-state index contributed by atoms with van der Waals surface area (Å²) in [5, 5.41) is 0. The third-order valence-corrected chi connectivity index (χ3v) is 11.0. The van der Waals surface area contributed by atoms with Crippen molar-refractivity contribution in [3.8, 4) is 17.3 Å². The number of aromatic nitrogens is 2. The Morgan fingerprint density at radius 1 is 0.909 bits per heavy atom. The molecule has 1 aliphatic carbocycles. The molecule has 1 aromatic heterocycles. The van der Waals surface area contributed by atoms with Crippen molar-refractivity contribution in [3.05, 3.63) is 42.1 Å². The first-order valence-corrected chi connectivity index (χ1v) is 17.0. The highest BCUT2D eigenvalue weighted by atomic mass is 28.3. The van der Waals surface area contributed by atoms with E-state index in [1.165, 1.54) is 81.0 Å². The maximum absolute atomic E-state index is 5.98. The molecule has 3 nitrogen and oxygen atoms in total. The predicted octanol–water partition coefficient (Wildman–Crippen LogP) is 8.89. The molecule has 0 saturated heterocycles. The van der Waals surface area contributed by atoms with Gasteiger partial charge in [-0.2, -0.15) is 4.98 Å². The zero-order valence-electron chi connectivity index (χ0n) is 21.6. The highest BCUT2D eigenvalue weighted by Gasteiger charge is 2.24. The van der Waals surface area contributed by atoms with E-state index >= 15 is 0 Å². The summed E-state index contributed by atoms with van der Waals surface area (Å²) < 4.78 is 5.98. The summed E-state index contributed by atoms with van der Waals surface area (Å²) in [6.07, 6.45) is 14.9. The molecular formula is C29H46N2OSi. The molecule has 1 aromatic carbocycles. The molecule has 0 aliphatic heterocycles. The first-order valence-electron chi connectivity index (χ1n) is 13.6. The van der Waals surface area contributed by atoms with E-state index in [1.54, 1.807) is 0 Å². The number of rotatable bonds is 13. The molecule has 1 heterocycles. The monoisotopic (exact) mass is 466 g/mol. The normalized spacial score (nSPS) is 18.9. The van der Waals surface area contributed by atoms with Crippen LogP contribution in [0.15, 0.2) is 36.5 Å². The molecule has 0 unspecified atom stereocenters. The van der Waals surface area contributed by atoms with Crippen molar-refractivity contribution in [1.82, 2.24) is 9.97 Å². The van der Waals surface area contributed by atoms with Crippen molar-refractivity contribution >= 4 is 8.07 Å². The van der Waals surface area contributed by atoms with E-state index in [1.807, 2.05) is 12.3 Å². The smallest absolute Gasteiger partial charge is 0.316 e. The second kappa shape index (κ2) is 13.3. The molecule has 0 bridgehead atoms. The van der Waals surface area contributed by atoms with Crippen LogP contribution < -0.4 is 4.74 Å². The Balaban J connectivity index is 1.56. The summed E-state index contributed by atoms with van der Waals surface area (Å²) in [6.45, 7) is 10.4. The Hall–Kier alpha value is -1.68. The Kier molecular flexibility index (Phi) is 10.4. The van der Waals surface area contributed by atoms with E-state index in [2.05, 4.69) is 56.2 Å². The standard InChI is InChI=1S/C29H46N2OSi/c1-5-7-22-33(3,4)23-11-10-21-32-29-30-20-19-28(31-29)27-14-9-8-13-26(27)25-17-15-24(12-6-2)16-18-25/h8-9,13-14,19-20,24-25H,5-7,10-12,15-18,21-23H2,1-4H3. The summed E-state index contributed by atoms with van der Waals surface area (Å²) in [6, 6.07) is 14.3. The molecule has 0 radical (unpaired) electrons. The summed E-state index contributed by atoms with van der Waals surface area (Å²) in [7, 11) is -1.03. The van der Waals surface area contributed by atoms with Crippen LogP contribution in [0, 0.1) is 5.92 Å². The molecule has 1 aliphatic rings. The van der Waals surface area contributed by atoms with Crippen LogP contribution in [0.25, 0.3) is 11.3 Å². The summed E-state index contributed by atoms with van der Waals surface area (Å²) >= 11 is 0. The highest BCUT2D eigenvalue weighted by molar-refractivity contribution is 6.77. The lowest BCUT2D eigenvalue weighted by atomic mass is 9.76. The number of benzene rings is 1. The third-order valence-electron chi connectivity index (χ3n) is 7.54. The number of nitrogens with zero attached hydrogens (tertiary/aromatic N) is 2. The number of hydrogen-bond donors (Lipinski definition) is 0. The van der Waals surface area contributed by atoms with Gasteiger partial charge in [0, 0.05) is 19.8 Å². The van der Waals surface area contributed by atoms with Crippen LogP contribution in [0.2, 0.25) is 25.2 Å². The fourth-order valence-corrected chi connectivity index (χ4v) is 8.23. The van der Waals surface area contributed by atoms with E-state index in [9.17, 15) is 0 Å². The lowest BCUT2D eigenvalue weighted by molar-refractivity contribution is 0.285. The number of unbranched alkanes of at least 4 members (excludes halogenated alkanes) is 2. The average molecular weight is 467 g/mol. The van der Waals surface area contributed by atoms with E-state index < -0.39 is 8.07 Å². The topological polar surface area (TPSA) is 35.0 Å². The van der Waals surface area contributed by atoms with Gasteiger partial charge in [-0.15, -0.1) is 0 Å². The van der Waals surface area contributed by atoms with Crippen LogP contribution in [-0.4, -0.2) is 24.6 Å². The average Bonchev–Trinajstić information content (AvgIpc) is 2.83. The lowest BCUT2D eigenvalue weighted by Crippen LogP contribution is -2.24. The van der Waals surface area contributed by atoms with Gasteiger partial charge < -0.3 is 4.74 Å². The van der Waals surface area contributed by atoms with Crippen LogP contribution in [-0.2, 0) is 0 Å². The SMILES string of the molecule is CCCC[Si](C)(C)CCCCOc1nccc(-c2ccccc2C2CCC(CCC)CC2)n1. The first-order chi connectivity index (χ1) is 16.0. The number of ether oxygens (including phenoxy) is 1. The molecule has 0 amide bonds. The van der Waals surface area contributed by atoms with E-state index in [-0.39, 0.29) is 0 Å². The Bertz CT molecular complexity index is 830. The Labute approximate surface area is 203 Å². The van der Waals surface area contributed by atoms with Crippen LogP contribution in [0.5, 0.6) is 6.01 Å². The summed E-state index contributed by atoms with van der Waals surface area (Å²) in [5.41, 5.74) is 3.71. The van der Waals surface area contributed by atoms with E-state index in [4.69, 9.17) is 9.72 Å². The van der Waals surface area contributed by atoms with Gasteiger partial charge in [-0.1, -0.05) is 95.4 Å². The fourth-order valence-electron chi connectivity index (χ4n) is 5.47. The minimum absolute atomic E-state index is 0.524. The Morgan fingerprint density at radius 2 is 1.67 bits per heavy atom. The van der Waals surface area contributed by atoms with Gasteiger partial charge in [0.2, 0.25) is 0 Å². The van der Waals surface area contributed by atoms with Crippen LogP contribution in [0.3, 0.4) is 0 Å². The summed E-state index contributed by atoms with van der Waals surface area (Å²) in [4.78, 5) is 9.20. The van der Waals surface area contributed by atoms with Gasteiger partial charge in [0.25, 0.3) is 0 Å². The number of hydrogen-bond acceptors (Lipinski definition) is 3. The predicted molar refractivity (Wildman–Crippen MR) is 144 cm³/mol. The van der Waals surface area contributed by atoms with Crippen molar-refractivity contribution in [2.75, 3.05) is 6.61 Å². The zero-order chi connectivity index (χ0) is 23.5. The van der Waals surface area contributed by atoms with Crippen molar-refractivity contribution < 1.29 is 4.74 Å². The van der Waals surface area contributed by atoms with Gasteiger partial charge in [-0.3, -0.25) is 0 Å². The van der Waals surface area contributed by atoms with Gasteiger partial charge in [0.05, 0.1) is 12.3 Å². The molecule has 33 heavy (non-hydrogen) atoms. The molecule has 0 spiro atoms. The van der Waals surface area contributed by atoms with Gasteiger partial charge in [-0.25, -0.2) is 4.98 Å². The highest BCUT2D eigenvalue weighted by Crippen LogP contribution is 2.40. The van der Waals surface area contributed by atoms with Gasteiger partial charge in [0.1, 0.15) is 0 Å². The minimum atomic E-state index is -1.03. The van der Waals surface area contributed by atoms with Crippen LogP contribution >= 0.6 is 0 Å². The van der Waals surface area contributed by atoms with Crippen LogP contribution in [0.1, 0.15) is 89.5 Å². The lowest BCUT2D eigenvalue weighted by Gasteiger charge is -2.29. The molecule has 182 valence electrons. The van der Waals surface area contributed by atoms with E-state index in [0.717, 1.165) is 18.0 Å². The molecule has 0 N–H and O–H groups in total. The second-order valence-corrected chi connectivity index (χ2v) is 16.2. The maximum atomic E-state index is 5.98. The molecule has 3 rings (SSSR count). The molecule has 0 atom stereocenters. The summed E-state index contributed by atoms with van der Waals surface area (Å²) in [5.74, 6) is 1.58. The van der Waals surface area contributed by atoms with Gasteiger partial charge in [-0.05, 0) is 55.6 Å². The van der Waals surface area contributed by atoms with Crippen molar-refractivity contribution in [2.45, 2.75) is 109 Å². The first kappa shape index (κ1) is 25.9.